The zero-order valence-corrected chi connectivity index (χ0v) is 9.05. The van der Waals surface area contributed by atoms with Gasteiger partial charge < -0.3 is 5.11 Å². The van der Waals surface area contributed by atoms with Crippen molar-refractivity contribution in [3.63, 3.8) is 0 Å². The van der Waals surface area contributed by atoms with E-state index in [1.54, 1.807) is 0 Å². The van der Waals surface area contributed by atoms with Crippen LogP contribution in [0.2, 0.25) is 0 Å². The first kappa shape index (κ1) is 12.2. The second-order valence-corrected chi connectivity index (χ2v) is 3.78. The molecule has 13 heavy (non-hydrogen) atoms. The molecule has 2 heteroatoms. The third-order valence-corrected chi connectivity index (χ3v) is 2.71. The molecule has 0 amide bonds. The monoisotopic (exact) mass is 184 g/mol. The maximum absolute atomic E-state index is 11.1. The SMILES string of the molecule is CCC(CC)(CC=C(C)C)C(=O)O. The number of hydrogen-bond donors (Lipinski definition) is 1. The highest BCUT2D eigenvalue weighted by atomic mass is 16.4. The molecule has 2 nitrogen and oxygen atoms in total. The summed E-state index contributed by atoms with van der Waals surface area (Å²) in [6.07, 6.45) is 4.06. The molecule has 0 fully saturated rings. The van der Waals surface area contributed by atoms with E-state index in [2.05, 4.69) is 0 Å². The molecular weight excluding hydrogens is 164 g/mol. The van der Waals surface area contributed by atoms with Crippen LogP contribution in [0.1, 0.15) is 47.0 Å². The van der Waals surface area contributed by atoms with E-state index < -0.39 is 11.4 Å². The van der Waals surface area contributed by atoms with Crippen molar-refractivity contribution in [1.82, 2.24) is 0 Å². The summed E-state index contributed by atoms with van der Waals surface area (Å²) in [5, 5.41) is 9.11. The molecule has 0 saturated carbocycles. The molecule has 0 aromatic heterocycles. The lowest BCUT2D eigenvalue weighted by Crippen LogP contribution is -2.28. The van der Waals surface area contributed by atoms with E-state index >= 15 is 0 Å². The molecule has 0 spiro atoms. The predicted octanol–water partition coefficient (Wildman–Crippen LogP) is 3.23. The van der Waals surface area contributed by atoms with Crippen molar-refractivity contribution in [3.8, 4) is 0 Å². The molecule has 0 aromatic rings. The largest absolute Gasteiger partial charge is 0.481 e. The molecule has 0 saturated heterocycles. The van der Waals surface area contributed by atoms with Gasteiger partial charge in [-0.3, -0.25) is 4.79 Å². The van der Waals surface area contributed by atoms with Gasteiger partial charge in [0.05, 0.1) is 5.41 Å². The molecule has 0 rings (SSSR count). The Morgan fingerprint density at radius 2 is 1.77 bits per heavy atom. The molecule has 0 aliphatic rings. The van der Waals surface area contributed by atoms with Gasteiger partial charge in [0.1, 0.15) is 0 Å². The summed E-state index contributed by atoms with van der Waals surface area (Å²) in [6, 6.07) is 0. The number of carboxylic acids is 1. The summed E-state index contributed by atoms with van der Waals surface area (Å²) in [6.45, 7) is 7.88. The first-order valence-corrected chi connectivity index (χ1v) is 4.85. The van der Waals surface area contributed by atoms with E-state index in [-0.39, 0.29) is 0 Å². The summed E-state index contributed by atoms with van der Waals surface area (Å²) in [5.74, 6) is -0.671. The number of carboxylic acid groups (broad SMARTS) is 1. The summed E-state index contributed by atoms with van der Waals surface area (Å²) < 4.78 is 0. The van der Waals surface area contributed by atoms with E-state index in [1.165, 1.54) is 5.57 Å². The number of carbonyl (C=O) groups is 1. The fourth-order valence-corrected chi connectivity index (χ4v) is 1.33. The van der Waals surface area contributed by atoms with Crippen LogP contribution in [0.25, 0.3) is 0 Å². The molecule has 0 aliphatic heterocycles. The van der Waals surface area contributed by atoms with Crippen LogP contribution in [-0.2, 0) is 4.79 Å². The van der Waals surface area contributed by atoms with Crippen LogP contribution >= 0.6 is 0 Å². The fraction of sp³-hybridized carbons (Fsp3) is 0.727. The van der Waals surface area contributed by atoms with Gasteiger partial charge in [0, 0.05) is 0 Å². The Kier molecular flexibility index (Phi) is 4.74. The van der Waals surface area contributed by atoms with Crippen molar-refractivity contribution in [2.45, 2.75) is 47.0 Å². The number of rotatable bonds is 5. The number of allylic oxidation sites excluding steroid dienone is 2. The maximum Gasteiger partial charge on any atom is 0.309 e. The van der Waals surface area contributed by atoms with Crippen molar-refractivity contribution in [3.05, 3.63) is 11.6 Å². The van der Waals surface area contributed by atoms with Gasteiger partial charge in [0.2, 0.25) is 0 Å². The van der Waals surface area contributed by atoms with Gasteiger partial charge >= 0.3 is 5.97 Å². The standard InChI is InChI=1S/C11H20O2/c1-5-11(6-2,10(12)13)8-7-9(3)4/h7H,5-6,8H2,1-4H3,(H,12,13). The Labute approximate surface area is 80.7 Å². The molecule has 0 aliphatic carbocycles. The quantitative estimate of drug-likeness (QED) is 0.666. The summed E-state index contributed by atoms with van der Waals surface area (Å²) in [5.41, 5.74) is 0.643. The Morgan fingerprint density at radius 1 is 1.31 bits per heavy atom. The highest BCUT2D eigenvalue weighted by Crippen LogP contribution is 2.31. The zero-order chi connectivity index (χ0) is 10.5. The minimum absolute atomic E-state index is 0.544. The topological polar surface area (TPSA) is 37.3 Å². The lowest BCUT2D eigenvalue weighted by Gasteiger charge is -2.25. The minimum Gasteiger partial charge on any atom is -0.481 e. The Bertz CT molecular complexity index is 196. The highest BCUT2D eigenvalue weighted by Gasteiger charge is 2.33. The third-order valence-electron chi connectivity index (χ3n) is 2.71. The van der Waals surface area contributed by atoms with Gasteiger partial charge in [-0.05, 0) is 33.1 Å². The van der Waals surface area contributed by atoms with Crippen LogP contribution in [0, 0.1) is 5.41 Å². The second kappa shape index (κ2) is 5.05. The Balaban J connectivity index is 4.58. The summed E-state index contributed by atoms with van der Waals surface area (Å²) in [7, 11) is 0. The second-order valence-electron chi connectivity index (χ2n) is 3.78. The molecule has 0 unspecified atom stereocenters. The molecule has 1 N–H and O–H groups in total. The van der Waals surface area contributed by atoms with Gasteiger partial charge in [-0.15, -0.1) is 0 Å². The molecule has 0 bridgehead atoms. The maximum atomic E-state index is 11.1. The van der Waals surface area contributed by atoms with E-state index in [4.69, 9.17) is 5.11 Å². The van der Waals surface area contributed by atoms with Crippen LogP contribution < -0.4 is 0 Å². The van der Waals surface area contributed by atoms with Crippen molar-refractivity contribution < 1.29 is 9.90 Å². The molecule has 0 atom stereocenters. The predicted molar refractivity (Wildman–Crippen MR) is 54.7 cm³/mol. The van der Waals surface area contributed by atoms with E-state index in [9.17, 15) is 4.79 Å². The average molecular weight is 184 g/mol. The average Bonchev–Trinajstić information content (AvgIpc) is 2.06. The van der Waals surface area contributed by atoms with Crippen LogP contribution in [0.3, 0.4) is 0 Å². The minimum atomic E-state index is -0.671. The molecule has 0 heterocycles. The van der Waals surface area contributed by atoms with Crippen LogP contribution in [0.4, 0.5) is 0 Å². The van der Waals surface area contributed by atoms with Gasteiger partial charge in [0.25, 0.3) is 0 Å². The van der Waals surface area contributed by atoms with Crippen molar-refractivity contribution in [2.75, 3.05) is 0 Å². The molecular formula is C11H20O2. The smallest absolute Gasteiger partial charge is 0.309 e. The Morgan fingerprint density at radius 3 is 2.00 bits per heavy atom. The summed E-state index contributed by atoms with van der Waals surface area (Å²) >= 11 is 0. The van der Waals surface area contributed by atoms with Crippen molar-refractivity contribution in [1.29, 1.82) is 0 Å². The third kappa shape index (κ3) is 3.21. The lowest BCUT2D eigenvalue weighted by atomic mass is 9.79. The van der Waals surface area contributed by atoms with Gasteiger partial charge in [0.15, 0.2) is 0 Å². The Hall–Kier alpha value is -0.790. The molecule has 76 valence electrons. The van der Waals surface area contributed by atoms with Crippen LogP contribution in [-0.4, -0.2) is 11.1 Å². The van der Waals surface area contributed by atoms with E-state index in [0.29, 0.717) is 19.3 Å². The molecule has 0 aromatic carbocycles. The van der Waals surface area contributed by atoms with Crippen LogP contribution in [0.5, 0.6) is 0 Å². The van der Waals surface area contributed by atoms with Crippen LogP contribution in [0.15, 0.2) is 11.6 Å². The summed E-state index contributed by atoms with van der Waals surface area (Å²) in [4.78, 5) is 11.1. The first-order chi connectivity index (χ1) is 5.98. The fourth-order valence-electron chi connectivity index (χ4n) is 1.33. The van der Waals surface area contributed by atoms with Gasteiger partial charge in [-0.1, -0.05) is 25.5 Å². The van der Waals surface area contributed by atoms with E-state index in [1.807, 2.05) is 33.8 Å². The first-order valence-electron chi connectivity index (χ1n) is 4.85. The highest BCUT2D eigenvalue weighted by molar-refractivity contribution is 5.74. The van der Waals surface area contributed by atoms with E-state index in [0.717, 1.165) is 0 Å². The van der Waals surface area contributed by atoms with Crippen molar-refractivity contribution in [2.24, 2.45) is 5.41 Å². The normalized spacial score (nSPS) is 11.1. The van der Waals surface area contributed by atoms with Gasteiger partial charge in [-0.25, -0.2) is 0 Å². The number of hydrogen-bond acceptors (Lipinski definition) is 1. The van der Waals surface area contributed by atoms with Gasteiger partial charge in [-0.2, -0.15) is 0 Å². The lowest BCUT2D eigenvalue weighted by molar-refractivity contribution is -0.149. The number of aliphatic carboxylic acids is 1. The zero-order valence-electron chi connectivity index (χ0n) is 9.05. The van der Waals surface area contributed by atoms with Crippen molar-refractivity contribution >= 4 is 5.97 Å². The molecule has 0 radical (unpaired) electrons.